The molecular formula is C10H20N2O4. The van der Waals surface area contributed by atoms with Crippen molar-refractivity contribution in [3.05, 3.63) is 0 Å². The Bertz CT molecular complexity index is 232. The molecule has 0 unspecified atom stereocenters. The quantitative estimate of drug-likeness (QED) is 0.627. The van der Waals surface area contributed by atoms with E-state index in [9.17, 15) is 9.59 Å². The Balaban J connectivity index is 4.01. The number of nitrogens with zero attached hydrogens (tertiary/aromatic N) is 1. The lowest BCUT2D eigenvalue weighted by atomic mass is 10.2. The Labute approximate surface area is 95.4 Å². The van der Waals surface area contributed by atoms with Gasteiger partial charge in [-0.05, 0) is 20.8 Å². The molecule has 0 saturated carbocycles. The minimum absolute atomic E-state index is 0.0696. The van der Waals surface area contributed by atoms with Crippen LogP contribution < -0.4 is 5.73 Å². The molecule has 0 bridgehead atoms. The van der Waals surface area contributed by atoms with Crippen LogP contribution in [0.25, 0.3) is 0 Å². The van der Waals surface area contributed by atoms with Gasteiger partial charge < -0.3 is 15.6 Å². The van der Waals surface area contributed by atoms with Gasteiger partial charge in [0.15, 0.2) is 0 Å². The molecule has 3 N–H and O–H groups in total. The number of carboxylic acid groups (broad SMARTS) is 1. The van der Waals surface area contributed by atoms with Crippen LogP contribution >= 0.6 is 0 Å². The molecule has 0 aromatic carbocycles. The molecular weight excluding hydrogens is 212 g/mol. The predicted molar refractivity (Wildman–Crippen MR) is 59.0 cm³/mol. The third-order valence-corrected chi connectivity index (χ3v) is 1.68. The molecule has 0 aliphatic carbocycles. The van der Waals surface area contributed by atoms with Gasteiger partial charge >= 0.3 is 5.97 Å². The van der Waals surface area contributed by atoms with Gasteiger partial charge in [0.1, 0.15) is 0 Å². The third-order valence-electron chi connectivity index (χ3n) is 1.68. The van der Waals surface area contributed by atoms with Crippen LogP contribution in [0.15, 0.2) is 0 Å². The van der Waals surface area contributed by atoms with Crippen molar-refractivity contribution in [2.45, 2.75) is 26.4 Å². The summed E-state index contributed by atoms with van der Waals surface area (Å²) in [5.41, 5.74) is 4.74. The Morgan fingerprint density at radius 2 is 1.88 bits per heavy atom. The van der Waals surface area contributed by atoms with Crippen molar-refractivity contribution in [2.24, 2.45) is 5.73 Å². The molecule has 0 heterocycles. The Kier molecular flexibility index (Phi) is 5.98. The highest BCUT2D eigenvalue weighted by atomic mass is 16.5. The summed E-state index contributed by atoms with van der Waals surface area (Å²) in [5.74, 6) is -1.53. The van der Waals surface area contributed by atoms with Gasteiger partial charge in [-0.15, -0.1) is 0 Å². The Morgan fingerprint density at radius 1 is 1.31 bits per heavy atom. The average molecular weight is 232 g/mol. The second-order valence-corrected chi connectivity index (χ2v) is 4.53. The van der Waals surface area contributed by atoms with Crippen molar-refractivity contribution in [3.63, 3.8) is 0 Å². The van der Waals surface area contributed by atoms with Crippen LogP contribution in [0.5, 0.6) is 0 Å². The number of carboxylic acids is 1. The first-order valence-corrected chi connectivity index (χ1v) is 5.07. The first-order chi connectivity index (χ1) is 7.20. The van der Waals surface area contributed by atoms with Gasteiger partial charge in [0.05, 0.1) is 25.3 Å². The number of nitrogens with two attached hydrogens (primary N) is 1. The third kappa shape index (κ3) is 9.42. The van der Waals surface area contributed by atoms with Gasteiger partial charge in [-0.3, -0.25) is 14.5 Å². The SMILES string of the molecule is CC(C)(C)OCCN(CC(N)=O)CC(=O)O. The van der Waals surface area contributed by atoms with Crippen molar-refractivity contribution in [3.8, 4) is 0 Å². The van der Waals surface area contributed by atoms with Gasteiger partial charge in [0.25, 0.3) is 0 Å². The van der Waals surface area contributed by atoms with E-state index in [2.05, 4.69) is 0 Å². The zero-order valence-corrected chi connectivity index (χ0v) is 10.0. The second kappa shape index (κ2) is 6.44. The molecule has 0 saturated heterocycles. The highest BCUT2D eigenvalue weighted by molar-refractivity contribution is 5.77. The number of carbonyl (C=O) groups is 2. The van der Waals surface area contributed by atoms with E-state index in [0.717, 1.165) is 0 Å². The lowest BCUT2D eigenvalue weighted by molar-refractivity contribution is -0.138. The van der Waals surface area contributed by atoms with E-state index in [1.165, 1.54) is 4.90 Å². The molecule has 0 radical (unpaired) electrons. The molecule has 0 fully saturated rings. The molecule has 0 aromatic rings. The molecule has 6 heteroatoms. The zero-order valence-electron chi connectivity index (χ0n) is 10.0. The van der Waals surface area contributed by atoms with Crippen LogP contribution in [0.1, 0.15) is 20.8 Å². The van der Waals surface area contributed by atoms with Gasteiger partial charge in [-0.1, -0.05) is 0 Å². The standard InChI is InChI=1S/C10H20N2O4/c1-10(2,3)16-5-4-12(6-8(11)13)7-9(14)15/h4-7H2,1-3H3,(H2,11,13)(H,14,15). The summed E-state index contributed by atoms with van der Waals surface area (Å²) in [7, 11) is 0. The number of carbonyl (C=O) groups excluding carboxylic acids is 1. The van der Waals surface area contributed by atoms with Crippen molar-refractivity contribution in [1.82, 2.24) is 4.90 Å². The number of aliphatic carboxylic acids is 1. The topological polar surface area (TPSA) is 92.9 Å². The van der Waals surface area contributed by atoms with E-state index in [0.29, 0.717) is 13.2 Å². The Hall–Kier alpha value is -1.14. The van der Waals surface area contributed by atoms with Crippen molar-refractivity contribution in [1.29, 1.82) is 0 Å². The molecule has 0 aliphatic rings. The van der Waals surface area contributed by atoms with Crippen LogP contribution in [0, 0.1) is 0 Å². The summed E-state index contributed by atoms with van der Waals surface area (Å²) >= 11 is 0. The fraction of sp³-hybridized carbons (Fsp3) is 0.800. The fourth-order valence-corrected chi connectivity index (χ4v) is 1.11. The van der Waals surface area contributed by atoms with Gasteiger partial charge in [0.2, 0.25) is 5.91 Å². The Morgan fingerprint density at radius 3 is 2.25 bits per heavy atom. The predicted octanol–water partition coefficient (Wildman–Crippen LogP) is -0.327. The van der Waals surface area contributed by atoms with Gasteiger partial charge in [-0.25, -0.2) is 0 Å². The maximum atomic E-state index is 10.7. The van der Waals surface area contributed by atoms with Crippen molar-refractivity contribution < 1.29 is 19.4 Å². The zero-order chi connectivity index (χ0) is 12.8. The molecule has 0 spiro atoms. The van der Waals surface area contributed by atoms with E-state index < -0.39 is 11.9 Å². The number of primary amides is 1. The largest absolute Gasteiger partial charge is 0.480 e. The normalized spacial score (nSPS) is 11.8. The smallest absolute Gasteiger partial charge is 0.317 e. The van der Waals surface area contributed by atoms with Crippen LogP contribution in [-0.4, -0.2) is 53.7 Å². The molecule has 1 amide bonds. The lowest BCUT2D eigenvalue weighted by Gasteiger charge is -2.23. The van der Waals surface area contributed by atoms with Crippen LogP contribution in [0.4, 0.5) is 0 Å². The van der Waals surface area contributed by atoms with Crippen LogP contribution in [0.2, 0.25) is 0 Å². The average Bonchev–Trinajstić information content (AvgIpc) is 1.98. The van der Waals surface area contributed by atoms with Crippen LogP contribution in [-0.2, 0) is 14.3 Å². The highest BCUT2D eigenvalue weighted by Crippen LogP contribution is 2.06. The molecule has 0 aliphatic heterocycles. The second-order valence-electron chi connectivity index (χ2n) is 4.53. The summed E-state index contributed by atoms with van der Waals surface area (Å²) in [5, 5.41) is 8.62. The monoisotopic (exact) mass is 232 g/mol. The first kappa shape index (κ1) is 14.9. The minimum atomic E-state index is -0.989. The lowest BCUT2D eigenvalue weighted by Crippen LogP contribution is -2.40. The van der Waals surface area contributed by atoms with Crippen molar-refractivity contribution in [2.75, 3.05) is 26.2 Å². The maximum Gasteiger partial charge on any atom is 0.317 e. The summed E-state index contributed by atoms with van der Waals surface area (Å²) in [4.78, 5) is 22.7. The van der Waals surface area contributed by atoms with Crippen molar-refractivity contribution >= 4 is 11.9 Å². The first-order valence-electron chi connectivity index (χ1n) is 5.07. The number of ether oxygens (including phenoxy) is 1. The molecule has 6 nitrogen and oxygen atoms in total. The van der Waals surface area contributed by atoms with E-state index in [1.807, 2.05) is 20.8 Å². The molecule has 0 atom stereocenters. The van der Waals surface area contributed by atoms with E-state index in [4.69, 9.17) is 15.6 Å². The minimum Gasteiger partial charge on any atom is -0.480 e. The summed E-state index contributed by atoms with van der Waals surface area (Å²) in [6.45, 7) is 6.17. The van der Waals surface area contributed by atoms with Gasteiger partial charge in [-0.2, -0.15) is 0 Å². The summed E-state index contributed by atoms with van der Waals surface area (Å²) in [6.07, 6.45) is 0. The van der Waals surface area contributed by atoms with Crippen LogP contribution in [0.3, 0.4) is 0 Å². The van der Waals surface area contributed by atoms with Gasteiger partial charge in [0, 0.05) is 6.54 Å². The van der Waals surface area contributed by atoms with E-state index >= 15 is 0 Å². The highest BCUT2D eigenvalue weighted by Gasteiger charge is 2.14. The molecule has 0 rings (SSSR count). The maximum absolute atomic E-state index is 10.7. The van der Waals surface area contributed by atoms with E-state index in [-0.39, 0.29) is 18.7 Å². The molecule has 94 valence electrons. The molecule has 0 aromatic heterocycles. The number of hydrogen-bond donors (Lipinski definition) is 2. The molecule has 16 heavy (non-hydrogen) atoms. The number of amides is 1. The number of hydrogen-bond acceptors (Lipinski definition) is 4. The summed E-state index contributed by atoms with van der Waals surface area (Å²) < 4.78 is 5.44. The number of rotatable bonds is 7. The fourth-order valence-electron chi connectivity index (χ4n) is 1.11. The summed E-state index contributed by atoms with van der Waals surface area (Å²) in [6, 6.07) is 0. The van der Waals surface area contributed by atoms with E-state index in [1.54, 1.807) is 0 Å².